The van der Waals surface area contributed by atoms with Gasteiger partial charge in [0.05, 0.1) is 17.1 Å². The molecule has 59 heavy (non-hydrogen) atoms. The van der Waals surface area contributed by atoms with Crippen molar-refractivity contribution in [3.8, 4) is 34.1 Å². The van der Waals surface area contributed by atoms with Crippen molar-refractivity contribution in [2.45, 2.75) is 0 Å². The highest BCUT2D eigenvalue weighted by Crippen LogP contribution is 2.58. The number of ether oxygens (including phenoxy) is 2. The number of nitrogens with zero attached hydrogens (tertiary/aromatic N) is 2. The van der Waals surface area contributed by atoms with Gasteiger partial charge in [-0.25, -0.2) is 0 Å². The zero-order valence-corrected chi connectivity index (χ0v) is 31.8. The Morgan fingerprint density at radius 3 is 1.66 bits per heavy atom. The van der Waals surface area contributed by atoms with Gasteiger partial charge in [0.25, 0.3) is 6.71 Å². The predicted octanol–water partition coefficient (Wildman–Crippen LogP) is 12.8. The summed E-state index contributed by atoms with van der Waals surface area (Å²) in [6.07, 6.45) is 0. The van der Waals surface area contributed by atoms with Gasteiger partial charge in [0.1, 0.15) is 17.2 Å². The number of hydrogen-bond acceptors (Lipinski definition) is 4. The number of hydrogen-bond donors (Lipinski definition) is 0. The first-order valence-electron chi connectivity index (χ1n) is 20.2. The van der Waals surface area contributed by atoms with Gasteiger partial charge in [-0.1, -0.05) is 133 Å². The van der Waals surface area contributed by atoms with Crippen molar-refractivity contribution in [2.75, 3.05) is 9.80 Å². The molecule has 4 nitrogen and oxygen atoms in total. The minimum Gasteiger partial charge on any atom is -0.458 e. The molecule has 0 saturated heterocycles. The Kier molecular flexibility index (Phi) is 6.78. The van der Waals surface area contributed by atoms with Gasteiger partial charge in [-0.2, -0.15) is 0 Å². The average Bonchev–Trinajstić information content (AvgIpc) is 3.30. The van der Waals surface area contributed by atoms with Crippen molar-refractivity contribution in [1.29, 1.82) is 0 Å². The fourth-order valence-corrected chi connectivity index (χ4v) is 10.0. The number of rotatable bonds is 4. The zero-order valence-electron chi connectivity index (χ0n) is 31.8. The van der Waals surface area contributed by atoms with E-state index in [1.54, 1.807) is 0 Å². The number of fused-ring (bicyclic) bond motifs is 11. The topological polar surface area (TPSA) is 24.9 Å². The van der Waals surface area contributed by atoms with Crippen LogP contribution in [0.3, 0.4) is 0 Å². The van der Waals surface area contributed by atoms with Crippen molar-refractivity contribution in [1.82, 2.24) is 0 Å². The molecule has 274 valence electrons. The highest BCUT2D eigenvalue weighted by molar-refractivity contribution is 7.01. The van der Waals surface area contributed by atoms with E-state index in [0.717, 1.165) is 79.1 Å². The van der Waals surface area contributed by atoms with Crippen LogP contribution in [0.15, 0.2) is 200 Å². The lowest BCUT2D eigenvalue weighted by Gasteiger charge is -2.40. The molecule has 0 atom stereocenters. The molecule has 10 aromatic rings. The Morgan fingerprint density at radius 1 is 0.424 bits per heavy atom. The third kappa shape index (κ3) is 4.61. The average molecular weight is 753 g/mol. The Balaban J connectivity index is 1.14. The molecule has 0 radical (unpaired) electrons. The number of para-hydroxylation sites is 3. The Morgan fingerprint density at radius 2 is 1.00 bits per heavy atom. The maximum absolute atomic E-state index is 7.37. The van der Waals surface area contributed by atoms with Gasteiger partial charge in [-0.15, -0.1) is 0 Å². The van der Waals surface area contributed by atoms with Crippen LogP contribution in [0.2, 0.25) is 0 Å². The van der Waals surface area contributed by atoms with Crippen LogP contribution < -0.4 is 35.7 Å². The van der Waals surface area contributed by atoms with Crippen LogP contribution in [0.5, 0.6) is 23.0 Å². The molecule has 0 aromatic heterocycles. The summed E-state index contributed by atoms with van der Waals surface area (Å²) in [6, 6.07) is 71.6. The van der Waals surface area contributed by atoms with E-state index in [-0.39, 0.29) is 6.71 Å². The molecule has 0 aliphatic carbocycles. The second kappa shape index (κ2) is 12.4. The Labute approximate surface area is 341 Å². The maximum atomic E-state index is 7.37. The molecule has 3 aliphatic heterocycles. The van der Waals surface area contributed by atoms with Crippen LogP contribution in [-0.2, 0) is 0 Å². The summed E-state index contributed by atoms with van der Waals surface area (Å²) in [5.74, 6) is 3.40. The molecule has 0 spiro atoms. The molecular formula is C54H33BN2O2. The normalized spacial score (nSPS) is 12.9. The van der Waals surface area contributed by atoms with Crippen molar-refractivity contribution in [2.24, 2.45) is 0 Å². The summed E-state index contributed by atoms with van der Waals surface area (Å²) in [7, 11) is 0. The Hall–Kier alpha value is -7.76. The lowest BCUT2D eigenvalue weighted by Crippen LogP contribution is -2.58. The van der Waals surface area contributed by atoms with Gasteiger partial charge in [0, 0.05) is 38.9 Å². The Bertz CT molecular complexity index is 3270. The quantitative estimate of drug-likeness (QED) is 0.167. The van der Waals surface area contributed by atoms with E-state index in [1.807, 2.05) is 0 Å². The largest absolute Gasteiger partial charge is 0.458 e. The smallest absolute Gasteiger partial charge is 0.262 e. The van der Waals surface area contributed by atoms with Crippen molar-refractivity contribution < 1.29 is 9.47 Å². The third-order valence-electron chi connectivity index (χ3n) is 12.4. The standard InChI is InChI=1S/C54H33BN2O2/c1-4-17-36(18-5-1)56(37-19-6-2-7-20-37)44-30-29-41-43-33-48-52-54(53(43)57(38-21-8-3-9-22-38)45-26-14-25-42(44)49(41)45)59-47-32-28-35-16-11-13-24-40(35)51(47)55(52)50-39-23-12-10-15-34(39)27-31-46(50)58-48/h1-33H. The first-order valence-corrected chi connectivity index (χ1v) is 20.2. The second-order valence-corrected chi connectivity index (χ2v) is 15.6. The summed E-state index contributed by atoms with van der Waals surface area (Å²) in [6.45, 7) is -0.127. The second-order valence-electron chi connectivity index (χ2n) is 15.6. The third-order valence-corrected chi connectivity index (χ3v) is 12.4. The fourth-order valence-electron chi connectivity index (χ4n) is 10.0. The SMILES string of the molecule is c1ccc(N(c2ccccc2)c2ccc3c4c(cccc24)N(c2ccccc2)c2c-3cc3c4c2Oc2ccc5ccccc5c2B4c2c(ccc4ccccc24)O3)cc1. The van der Waals surface area contributed by atoms with E-state index in [1.165, 1.54) is 37.9 Å². The predicted molar refractivity (Wildman–Crippen MR) is 245 cm³/mol. The van der Waals surface area contributed by atoms with Crippen molar-refractivity contribution in [3.63, 3.8) is 0 Å². The maximum Gasteiger partial charge on any atom is 0.262 e. The van der Waals surface area contributed by atoms with Gasteiger partial charge in [-0.05, 0) is 105 Å². The molecule has 0 saturated carbocycles. The van der Waals surface area contributed by atoms with Gasteiger partial charge in [0.15, 0.2) is 5.75 Å². The summed E-state index contributed by atoms with van der Waals surface area (Å²) < 4.78 is 14.5. The van der Waals surface area contributed by atoms with Crippen LogP contribution >= 0.6 is 0 Å². The minimum atomic E-state index is -0.127. The van der Waals surface area contributed by atoms with Gasteiger partial charge in [0.2, 0.25) is 0 Å². The lowest BCUT2D eigenvalue weighted by molar-refractivity contribution is 0.466. The molecule has 0 unspecified atom stereocenters. The molecule has 5 heteroatoms. The molecule has 3 heterocycles. The van der Waals surface area contributed by atoms with E-state index < -0.39 is 0 Å². The molecule has 13 rings (SSSR count). The number of benzene rings is 10. The summed E-state index contributed by atoms with van der Waals surface area (Å²) in [5, 5.41) is 7.08. The van der Waals surface area contributed by atoms with Crippen LogP contribution in [-0.4, -0.2) is 6.71 Å². The zero-order chi connectivity index (χ0) is 38.6. The number of anilines is 6. The van der Waals surface area contributed by atoms with Crippen molar-refractivity contribution >= 4 is 89.5 Å². The first-order chi connectivity index (χ1) is 29.3. The van der Waals surface area contributed by atoms with Crippen molar-refractivity contribution in [3.05, 3.63) is 200 Å². The first kappa shape index (κ1) is 32.3. The van der Waals surface area contributed by atoms with Crippen LogP contribution in [0.4, 0.5) is 34.1 Å². The van der Waals surface area contributed by atoms with Gasteiger partial charge < -0.3 is 19.3 Å². The summed E-state index contributed by atoms with van der Waals surface area (Å²) >= 11 is 0. The lowest BCUT2D eigenvalue weighted by atomic mass is 9.33. The molecule has 10 aromatic carbocycles. The minimum absolute atomic E-state index is 0.127. The molecule has 0 amide bonds. The monoisotopic (exact) mass is 752 g/mol. The van der Waals surface area contributed by atoms with E-state index in [2.05, 4.69) is 210 Å². The van der Waals surface area contributed by atoms with E-state index in [0.29, 0.717) is 0 Å². The highest BCUT2D eigenvalue weighted by atomic mass is 16.5. The summed E-state index contributed by atoms with van der Waals surface area (Å²) in [4.78, 5) is 4.78. The van der Waals surface area contributed by atoms with Gasteiger partial charge >= 0.3 is 0 Å². The highest BCUT2D eigenvalue weighted by Gasteiger charge is 2.46. The molecule has 0 fully saturated rings. The molecule has 0 N–H and O–H groups in total. The van der Waals surface area contributed by atoms with E-state index in [4.69, 9.17) is 9.47 Å². The fraction of sp³-hybridized carbons (Fsp3) is 0. The van der Waals surface area contributed by atoms with Crippen LogP contribution in [0, 0.1) is 0 Å². The molecular weight excluding hydrogens is 719 g/mol. The van der Waals surface area contributed by atoms with Gasteiger partial charge in [-0.3, -0.25) is 0 Å². The molecule has 3 aliphatic rings. The van der Waals surface area contributed by atoms with E-state index >= 15 is 0 Å². The van der Waals surface area contributed by atoms with Crippen LogP contribution in [0.25, 0.3) is 43.4 Å². The summed E-state index contributed by atoms with van der Waals surface area (Å²) in [5.41, 5.74) is 12.1. The van der Waals surface area contributed by atoms with Crippen LogP contribution in [0.1, 0.15) is 0 Å². The van der Waals surface area contributed by atoms with E-state index in [9.17, 15) is 0 Å². The molecule has 0 bridgehead atoms.